The van der Waals surface area contributed by atoms with Gasteiger partial charge in [-0.3, -0.25) is 4.79 Å². The van der Waals surface area contributed by atoms with E-state index in [0.29, 0.717) is 11.7 Å². The molecule has 4 nitrogen and oxygen atoms in total. The van der Waals surface area contributed by atoms with Gasteiger partial charge in [-0.2, -0.15) is 0 Å². The van der Waals surface area contributed by atoms with Gasteiger partial charge in [-0.05, 0) is 31.4 Å². The summed E-state index contributed by atoms with van der Waals surface area (Å²) in [6.07, 6.45) is 1.89. The zero-order valence-electron chi connectivity index (χ0n) is 10.5. The molecule has 0 spiro atoms. The second-order valence-corrected chi connectivity index (χ2v) is 4.78. The molecule has 2 heterocycles. The van der Waals surface area contributed by atoms with Crippen molar-refractivity contribution in [1.82, 2.24) is 4.90 Å². The highest BCUT2D eigenvalue weighted by Crippen LogP contribution is 2.20. The molecular formula is C13H20N2O2. The first-order valence-electron chi connectivity index (χ1n) is 6.23. The van der Waals surface area contributed by atoms with Crippen molar-refractivity contribution in [1.29, 1.82) is 0 Å². The molecule has 2 unspecified atom stereocenters. The van der Waals surface area contributed by atoms with Gasteiger partial charge in [0.2, 0.25) is 0 Å². The highest BCUT2D eigenvalue weighted by atomic mass is 16.3. The van der Waals surface area contributed by atoms with Crippen molar-refractivity contribution in [3.63, 3.8) is 0 Å². The molecule has 4 heteroatoms. The van der Waals surface area contributed by atoms with Gasteiger partial charge in [-0.15, -0.1) is 0 Å². The van der Waals surface area contributed by atoms with Crippen molar-refractivity contribution >= 4 is 5.91 Å². The summed E-state index contributed by atoms with van der Waals surface area (Å²) in [5, 5.41) is 0. The molecule has 1 aliphatic rings. The zero-order valence-corrected chi connectivity index (χ0v) is 10.5. The number of likely N-dealkylation sites (tertiary alicyclic amines) is 1. The molecule has 1 aromatic heterocycles. The van der Waals surface area contributed by atoms with Crippen molar-refractivity contribution in [3.8, 4) is 0 Å². The second-order valence-electron chi connectivity index (χ2n) is 4.78. The molecule has 2 N–H and O–H groups in total. The molecule has 0 radical (unpaired) electrons. The number of hydrogen-bond acceptors (Lipinski definition) is 3. The Balaban J connectivity index is 2.05. The Kier molecular flexibility index (Phi) is 3.52. The molecule has 2 rings (SSSR count). The van der Waals surface area contributed by atoms with Crippen molar-refractivity contribution in [2.24, 2.45) is 11.7 Å². The largest absolute Gasteiger partial charge is 0.456 e. The van der Waals surface area contributed by atoms with Crippen molar-refractivity contribution in [3.05, 3.63) is 23.7 Å². The Hall–Kier alpha value is -1.29. The maximum absolute atomic E-state index is 12.2. The molecule has 17 heavy (non-hydrogen) atoms. The number of nitrogens with two attached hydrogens (primary N) is 1. The van der Waals surface area contributed by atoms with Crippen molar-refractivity contribution in [2.75, 3.05) is 13.1 Å². The first-order valence-corrected chi connectivity index (χ1v) is 6.23. The standard InChI is InChI=1S/C13H20N2O2/c1-3-10-8-15(7-6-11(10)14)13(16)12-5-4-9(2)17-12/h4-5,10-11H,3,6-8,14H2,1-2H3. The molecule has 2 atom stereocenters. The van der Waals surface area contributed by atoms with E-state index in [1.165, 1.54) is 0 Å². The topological polar surface area (TPSA) is 59.5 Å². The van der Waals surface area contributed by atoms with Crippen LogP contribution >= 0.6 is 0 Å². The number of amides is 1. The smallest absolute Gasteiger partial charge is 0.289 e. The van der Waals surface area contributed by atoms with E-state index >= 15 is 0 Å². The van der Waals surface area contributed by atoms with E-state index in [9.17, 15) is 4.79 Å². The van der Waals surface area contributed by atoms with Gasteiger partial charge < -0.3 is 15.1 Å². The molecule has 1 fully saturated rings. The summed E-state index contributed by atoms with van der Waals surface area (Å²) in [7, 11) is 0. The SMILES string of the molecule is CCC1CN(C(=O)c2ccc(C)o2)CCC1N. The average molecular weight is 236 g/mol. The van der Waals surface area contributed by atoms with Gasteiger partial charge in [-0.1, -0.05) is 13.3 Å². The van der Waals surface area contributed by atoms with E-state index in [2.05, 4.69) is 6.92 Å². The summed E-state index contributed by atoms with van der Waals surface area (Å²) in [6, 6.07) is 3.79. The number of piperidine rings is 1. The first-order chi connectivity index (χ1) is 8.11. The van der Waals surface area contributed by atoms with Crippen LogP contribution in [0.2, 0.25) is 0 Å². The summed E-state index contributed by atoms with van der Waals surface area (Å²) in [6.45, 7) is 5.44. The minimum absolute atomic E-state index is 0.0107. The van der Waals surface area contributed by atoms with Crippen LogP contribution in [0, 0.1) is 12.8 Å². The van der Waals surface area contributed by atoms with E-state index < -0.39 is 0 Å². The summed E-state index contributed by atoms with van der Waals surface area (Å²) < 4.78 is 5.37. The van der Waals surface area contributed by atoms with Crippen LogP contribution in [-0.2, 0) is 0 Å². The van der Waals surface area contributed by atoms with Crippen LogP contribution in [0.1, 0.15) is 36.1 Å². The van der Waals surface area contributed by atoms with Gasteiger partial charge in [0, 0.05) is 19.1 Å². The van der Waals surface area contributed by atoms with E-state index in [4.69, 9.17) is 10.2 Å². The van der Waals surface area contributed by atoms with Crippen molar-refractivity contribution in [2.45, 2.75) is 32.7 Å². The number of aryl methyl sites for hydroxylation is 1. The lowest BCUT2D eigenvalue weighted by molar-refractivity contribution is 0.0616. The zero-order chi connectivity index (χ0) is 12.4. The minimum Gasteiger partial charge on any atom is -0.456 e. The van der Waals surface area contributed by atoms with Gasteiger partial charge in [0.1, 0.15) is 5.76 Å². The number of nitrogens with zero attached hydrogens (tertiary/aromatic N) is 1. The van der Waals surface area contributed by atoms with Crippen LogP contribution in [0.5, 0.6) is 0 Å². The summed E-state index contributed by atoms with van der Waals surface area (Å²) in [5.41, 5.74) is 6.03. The van der Waals surface area contributed by atoms with Crippen LogP contribution in [0.3, 0.4) is 0 Å². The average Bonchev–Trinajstić information content (AvgIpc) is 2.75. The van der Waals surface area contributed by atoms with Crippen molar-refractivity contribution < 1.29 is 9.21 Å². The Bertz CT molecular complexity index is 400. The third-order valence-electron chi connectivity index (χ3n) is 3.56. The van der Waals surface area contributed by atoms with E-state index in [-0.39, 0.29) is 11.9 Å². The van der Waals surface area contributed by atoms with Crippen LogP contribution in [0.15, 0.2) is 16.5 Å². The number of furan rings is 1. The van der Waals surface area contributed by atoms with E-state index in [1.54, 1.807) is 6.07 Å². The maximum atomic E-state index is 12.2. The Labute approximate surface area is 102 Å². The molecule has 1 saturated heterocycles. The molecule has 0 bridgehead atoms. The lowest BCUT2D eigenvalue weighted by atomic mass is 9.90. The molecule has 0 aromatic carbocycles. The number of rotatable bonds is 2. The monoisotopic (exact) mass is 236 g/mol. The van der Waals surface area contributed by atoms with Gasteiger partial charge in [-0.25, -0.2) is 0 Å². The van der Waals surface area contributed by atoms with Gasteiger partial charge >= 0.3 is 0 Å². The second kappa shape index (κ2) is 4.92. The number of carbonyl (C=O) groups is 1. The molecule has 1 aliphatic heterocycles. The maximum Gasteiger partial charge on any atom is 0.289 e. The lowest BCUT2D eigenvalue weighted by Crippen LogP contribution is -2.48. The molecular weight excluding hydrogens is 216 g/mol. The molecule has 1 aromatic rings. The highest BCUT2D eigenvalue weighted by molar-refractivity contribution is 5.91. The third-order valence-corrected chi connectivity index (χ3v) is 3.56. The predicted molar refractivity (Wildman–Crippen MR) is 65.7 cm³/mol. The fraction of sp³-hybridized carbons (Fsp3) is 0.615. The molecule has 94 valence electrons. The predicted octanol–water partition coefficient (Wildman–Crippen LogP) is 1.79. The molecule has 0 saturated carbocycles. The highest BCUT2D eigenvalue weighted by Gasteiger charge is 2.29. The number of carbonyl (C=O) groups excluding carboxylic acids is 1. The Morgan fingerprint density at radius 2 is 2.35 bits per heavy atom. The van der Waals surface area contributed by atoms with Crippen LogP contribution < -0.4 is 5.73 Å². The summed E-state index contributed by atoms with van der Waals surface area (Å²) >= 11 is 0. The Morgan fingerprint density at radius 3 is 2.94 bits per heavy atom. The quantitative estimate of drug-likeness (QED) is 0.851. The number of hydrogen-bond donors (Lipinski definition) is 1. The lowest BCUT2D eigenvalue weighted by Gasteiger charge is -2.36. The van der Waals surface area contributed by atoms with Gasteiger partial charge in [0.15, 0.2) is 5.76 Å². The van der Waals surface area contributed by atoms with Crippen LogP contribution in [0.25, 0.3) is 0 Å². The van der Waals surface area contributed by atoms with Crippen LogP contribution in [0.4, 0.5) is 0 Å². The fourth-order valence-corrected chi connectivity index (χ4v) is 2.37. The summed E-state index contributed by atoms with van der Waals surface area (Å²) in [5.74, 6) is 1.61. The molecule has 1 amide bonds. The normalized spacial score (nSPS) is 25.0. The van der Waals surface area contributed by atoms with Gasteiger partial charge in [0.05, 0.1) is 0 Å². The van der Waals surface area contributed by atoms with Gasteiger partial charge in [0.25, 0.3) is 5.91 Å². The molecule has 0 aliphatic carbocycles. The first kappa shape index (κ1) is 12.2. The van der Waals surface area contributed by atoms with Crippen LogP contribution in [-0.4, -0.2) is 29.9 Å². The van der Waals surface area contributed by atoms with E-state index in [1.807, 2.05) is 17.9 Å². The minimum atomic E-state index is -0.0107. The fourth-order valence-electron chi connectivity index (χ4n) is 2.37. The van der Waals surface area contributed by atoms with E-state index in [0.717, 1.165) is 31.7 Å². The summed E-state index contributed by atoms with van der Waals surface area (Å²) in [4.78, 5) is 14.0. The Morgan fingerprint density at radius 1 is 1.59 bits per heavy atom. The third kappa shape index (κ3) is 2.52.